The zero-order valence-electron chi connectivity index (χ0n) is 19.3. The minimum atomic E-state index is -0.747. The summed E-state index contributed by atoms with van der Waals surface area (Å²) in [5.74, 6) is -0.427. The van der Waals surface area contributed by atoms with E-state index in [0.717, 1.165) is 4.47 Å². The third kappa shape index (κ3) is 5.39. The van der Waals surface area contributed by atoms with Crippen molar-refractivity contribution < 1.29 is 24.2 Å². The third-order valence-electron chi connectivity index (χ3n) is 5.33. The van der Waals surface area contributed by atoms with Gasteiger partial charge in [0.25, 0.3) is 11.7 Å². The number of amides is 1. The van der Waals surface area contributed by atoms with Crippen LogP contribution in [-0.4, -0.2) is 67.0 Å². The molecule has 2 aromatic rings. The smallest absolute Gasteiger partial charge is 0.295 e. The van der Waals surface area contributed by atoms with Gasteiger partial charge in [-0.1, -0.05) is 34.1 Å². The number of rotatable bonds is 9. The summed E-state index contributed by atoms with van der Waals surface area (Å²) in [6.45, 7) is 5.57. The first-order valence-electron chi connectivity index (χ1n) is 10.9. The van der Waals surface area contributed by atoms with Crippen LogP contribution in [0.3, 0.4) is 0 Å². The number of Topliss-reactive ketones (excluding diaryl/α,β-unsaturated/α-hetero) is 1. The molecule has 1 atom stereocenters. The van der Waals surface area contributed by atoms with Crippen molar-refractivity contribution in [1.82, 2.24) is 9.80 Å². The van der Waals surface area contributed by atoms with E-state index < -0.39 is 17.7 Å². The average Bonchev–Trinajstić information content (AvgIpc) is 3.04. The van der Waals surface area contributed by atoms with Gasteiger partial charge in [-0.05, 0) is 57.8 Å². The van der Waals surface area contributed by atoms with E-state index in [1.807, 2.05) is 38.9 Å². The number of ether oxygens (including phenoxy) is 2. The maximum Gasteiger partial charge on any atom is 0.295 e. The summed E-state index contributed by atoms with van der Waals surface area (Å²) in [5, 5.41) is 11.1. The van der Waals surface area contributed by atoms with Crippen LogP contribution in [0.5, 0.6) is 11.5 Å². The second-order valence-electron chi connectivity index (χ2n) is 7.87. The van der Waals surface area contributed by atoms with Gasteiger partial charge in [0, 0.05) is 23.1 Å². The number of nitrogens with zero attached hydrogens (tertiary/aromatic N) is 2. The quantitative estimate of drug-likeness (QED) is 0.305. The Labute approximate surface area is 202 Å². The van der Waals surface area contributed by atoms with Crippen molar-refractivity contribution in [3.8, 4) is 11.5 Å². The molecule has 1 saturated heterocycles. The normalized spacial score (nSPS) is 17.6. The largest absolute Gasteiger partial charge is 0.507 e. The first-order valence-corrected chi connectivity index (χ1v) is 11.7. The van der Waals surface area contributed by atoms with Gasteiger partial charge in [0.1, 0.15) is 5.76 Å². The molecule has 33 heavy (non-hydrogen) atoms. The second kappa shape index (κ2) is 10.9. The fourth-order valence-corrected chi connectivity index (χ4v) is 4.03. The van der Waals surface area contributed by atoms with Gasteiger partial charge in [-0.25, -0.2) is 0 Å². The molecule has 2 aromatic carbocycles. The van der Waals surface area contributed by atoms with Crippen LogP contribution in [0, 0.1) is 0 Å². The SMILES string of the molecule is CCOc1ccc([C@@H]2/C(=C(\O)c3ccc(Br)cc3)C(=O)C(=O)N2CCN(C)C)cc1OCC. The van der Waals surface area contributed by atoms with E-state index in [0.29, 0.717) is 48.9 Å². The van der Waals surface area contributed by atoms with E-state index in [1.54, 1.807) is 36.4 Å². The van der Waals surface area contributed by atoms with Gasteiger partial charge in [0.05, 0.1) is 24.8 Å². The van der Waals surface area contributed by atoms with E-state index in [9.17, 15) is 14.7 Å². The molecule has 7 nitrogen and oxygen atoms in total. The molecule has 1 heterocycles. The lowest BCUT2D eigenvalue weighted by Crippen LogP contribution is -2.35. The Morgan fingerprint density at radius 3 is 2.27 bits per heavy atom. The first-order chi connectivity index (χ1) is 15.8. The number of halogens is 1. The van der Waals surface area contributed by atoms with Crippen LogP contribution in [0.25, 0.3) is 5.76 Å². The zero-order chi connectivity index (χ0) is 24.1. The van der Waals surface area contributed by atoms with Crippen LogP contribution in [0.4, 0.5) is 0 Å². The van der Waals surface area contributed by atoms with Crippen molar-refractivity contribution in [2.45, 2.75) is 19.9 Å². The Kier molecular flexibility index (Phi) is 8.15. The minimum absolute atomic E-state index is 0.0627. The molecule has 1 fully saturated rings. The maximum atomic E-state index is 13.1. The highest BCUT2D eigenvalue weighted by Gasteiger charge is 2.46. The van der Waals surface area contributed by atoms with Gasteiger partial charge in [-0.15, -0.1) is 0 Å². The van der Waals surface area contributed by atoms with Crippen LogP contribution >= 0.6 is 15.9 Å². The molecule has 0 aromatic heterocycles. The number of hydrogen-bond acceptors (Lipinski definition) is 6. The highest BCUT2D eigenvalue weighted by molar-refractivity contribution is 9.10. The molecule has 0 aliphatic carbocycles. The number of benzene rings is 2. The van der Waals surface area contributed by atoms with E-state index >= 15 is 0 Å². The van der Waals surface area contributed by atoms with E-state index in [4.69, 9.17) is 9.47 Å². The fraction of sp³-hybridized carbons (Fsp3) is 0.360. The predicted octanol–water partition coefficient (Wildman–Crippen LogP) is 4.23. The fourth-order valence-electron chi connectivity index (χ4n) is 3.77. The minimum Gasteiger partial charge on any atom is -0.507 e. The lowest BCUT2D eigenvalue weighted by atomic mass is 9.95. The van der Waals surface area contributed by atoms with Gasteiger partial charge in [0.15, 0.2) is 11.5 Å². The second-order valence-corrected chi connectivity index (χ2v) is 8.79. The Bertz CT molecular complexity index is 1050. The summed E-state index contributed by atoms with van der Waals surface area (Å²) in [4.78, 5) is 29.6. The van der Waals surface area contributed by atoms with Crippen LogP contribution in [0.2, 0.25) is 0 Å². The molecular weight excluding hydrogens is 488 g/mol. The maximum absolute atomic E-state index is 13.1. The summed E-state index contributed by atoms with van der Waals surface area (Å²) in [7, 11) is 3.80. The van der Waals surface area contributed by atoms with E-state index in [-0.39, 0.29) is 11.3 Å². The number of likely N-dealkylation sites (N-methyl/N-ethyl adjacent to an activating group) is 1. The standard InChI is InChI=1S/C25H29BrN2O5/c1-5-32-19-12-9-17(15-20(19)33-6-2)22-21(23(29)16-7-10-18(26)11-8-16)24(30)25(31)28(22)14-13-27(3)4/h7-12,15,22,29H,5-6,13-14H2,1-4H3/b23-21+/t22-/m1/s1. The molecule has 0 spiro atoms. The molecule has 0 unspecified atom stereocenters. The summed E-state index contributed by atoms with van der Waals surface area (Å²) in [5.41, 5.74) is 1.19. The number of aliphatic hydroxyl groups is 1. The monoisotopic (exact) mass is 516 g/mol. The Balaban J connectivity index is 2.17. The molecule has 0 saturated carbocycles. The molecule has 1 amide bonds. The van der Waals surface area contributed by atoms with Crippen molar-refractivity contribution in [2.75, 3.05) is 40.4 Å². The highest BCUT2D eigenvalue weighted by Crippen LogP contribution is 2.42. The molecule has 0 radical (unpaired) electrons. The zero-order valence-corrected chi connectivity index (χ0v) is 20.9. The highest BCUT2D eigenvalue weighted by atomic mass is 79.9. The third-order valence-corrected chi connectivity index (χ3v) is 5.86. The molecule has 3 rings (SSSR count). The number of aliphatic hydroxyl groups excluding tert-OH is 1. The van der Waals surface area contributed by atoms with Gasteiger partial charge >= 0.3 is 0 Å². The van der Waals surface area contributed by atoms with Crippen LogP contribution in [0.1, 0.15) is 31.0 Å². The first kappa shape index (κ1) is 24.8. The predicted molar refractivity (Wildman–Crippen MR) is 130 cm³/mol. The van der Waals surface area contributed by atoms with E-state index in [1.165, 1.54) is 4.90 Å². The number of ketones is 1. The number of carbonyl (C=O) groups excluding carboxylic acids is 2. The molecule has 1 N–H and O–H groups in total. The number of likely N-dealkylation sites (tertiary alicyclic amines) is 1. The molecular formula is C25H29BrN2O5. The van der Waals surface area contributed by atoms with Crippen molar-refractivity contribution in [2.24, 2.45) is 0 Å². The van der Waals surface area contributed by atoms with Crippen LogP contribution in [-0.2, 0) is 9.59 Å². The van der Waals surface area contributed by atoms with Crippen LogP contribution < -0.4 is 9.47 Å². The van der Waals surface area contributed by atoms with Crippen molar-refractivity contribution in [1.29, 1.82) is 0 Å². The van der Waals surface area contributed by atoms with Crippen molar-refractivity contribution >= 4 is 33.4 Å². The van der Waals surface area contributed by atoms with Crippen molar-refractivity contribution in [3.05, 3.63) is 63.6 Å². The van der Waals surface area contributed by atoms with E-state index in [2.05, 4.69) is 15.9 Å². The molecule has 8 heteroatoms. The molecule has 176 valence electrons. The van der Waals surface area contributed by atoms with Crippen molar-refractivity contribution in [3.63, 3.8) is 0 Å². The van der Waals surface area contributed by atoms with Gasteiger partial charge in [-0.3, -0.25) is 9.59 Å². The molecule has 0 bridgehead atoms. The lowest BCUT2D eigenvalue weighted by molar-refractivity contribution is -0.140. The molecule has 1 aliphatic rings. The Hall–Kier alpha value is -2.84. The van der Waals surface area contributed by atoms with Gasteiger partial charge < -0.3 is 24.4 Å². The lowest BCUT2D eigenvalue weighted by Gasteiger charge is -2.27. The summed E-state index contributed by atoms with van der Waals surface area (Å²) in [6.07, 6.45) is 0. The average molecular weight is 517 g/mol. The van der Waals surface area contributed by atoms with Gasteiger partial charge in [-0.2, -0.15) is 0 Å². The van der Waals surface area contributed by atoms with Gasteiger partial charge in [0.2, 0.25) is 0 Å². The topological polar surface area (TPSA) is 79.3 Å². The Morgan fingerprint density at radius 1 is 1.03 bits per heavy atom. The summed E-state index contributed by atoms with van der Waals surface area (Å²) < 4.78 is 12.3. The number of carbonyl (C=O) groups is 2. The van der Waals surface area contributed by atoms with Crippen LogP contribution in [0.15, 0.2) is 52.5 Å². The summed E-state index contributed by atoms with van der Waals surface area (Å²) >= 11 is 3.38. The molecule has 1 aliphatic heterocycles. The number of hydrogen-bond donors (Lipinski definition) is 1. The Morgan fingerprint density at radius 2 is 1.67 bits per heavy atom. The summed E-state index contributed by atoms with van der Waals surface area (Å²) in [6, 6.07) is 11.6.